The van der Waals surface area contributed by atoms with Crippen LogP contribution in [0.2, 0.25) is 0 Å². The van der Waals surface area contributed by atoms with E-state index < -0.39 is 0 Å². The lowest BCUT2D eigenvalue weighted by Crippen LogP contribution is -2.26. The number of hydrogen-bond donors (Lipinski definition) is 2. The number of nitrogens with zero attached hydrogens (tertiary/aromatic N) is 2. The van der Waals surface area contributed by atoms with Crippen LogP contribution < -0.4 is 10.6 Å². The van der Waals surface area contributed by atoms with Crippen LogP contribution in [0.4, 0.5) is 10.2 Å². The van der Waals surface area contributed by atoms with Crippen molar-refractivity contribution in [1.82, 2.24) is 15.2 Å². The smallest absolute Gasteiger partial charge is 0.252 e. The quantitative estimate of drug-likeness (QED) is 0.687. The number of hydrogen-bond acceptors (Lipinski definition) is 4. The number of benzene rings is 1. The topological polar surface area (TPSA) is 57.3 Å². The maximum Gasteiger partial charge on any atom is 0.252 e. The van der Waals surface area contributed by atoms with Gasteiger partial charge in [-0.15, -0.1) is 0 Å². The third-order valence-electron chi connectivity index (χ3n) is 3.75. The molecular weight excluding hydrogens is 319 g/mol. The van der Waals surface area contributed by atoms with Gasteiger partial charge in [0.25, 0.3) is 5.91 Å². The first-order valence-corrected chi connectivity index (χ1v) is 8.42. The number of halogens is 1. The molecule has 5 nitrogen and oxygen atoms in total. The number of anilines is 1. The highest BCUT2D eigenvalue weighted by Gasteiger charge is 2.07. The molecule has 2 N–H and O–H groups in total. The van der Waals surface area contributed by atoms with Gasteiger partial charge in [-0.2, -0.15) is 0 Å². The van der Waals surface area contributed by atoms with Crippen LogP contribution in [-0.4, -0.2) is 49.5 Å². The molecule has 2 aromatic rings. The third-order valence-corrected chi connectivity index (χ3v) is 3.75. The van der Waals surface area contributed by atoms with Crippen LogP contribution in [0.5, 0.6) is 0 Å². The van der Waals surface area contributed by atoms with Crippen LogP contribution in [0, 0.1) is 5.82 Å². The second kappa shape index (κ2) is 9.74. The Balaban J connectivity index is 1.75. The Hall–Kier alpha value is -2.47. The van der Waals surface area contributed by atoms with Gasteiger partial charge in [0.05, 0.1) is 5.56 Å². The van der Waals surface area contributed by atoms with Crippen molar-refractivity contribution in [2.75, 3.05) is 39.0 Å². The lowest BCUT2D eigenvalue weighted by atomic mass is 10.1. The summed E-state index contributed by atoms with van der Waals surface area (Å²) in [5.41, 5.74) is 1.09. The fourth-order valence-electron chi connectivity index (χ4n) is 2.36. The van der Waals surface area contributed by atoms with Crippen molar-refractivity contribution >= 4 is 11.7 Å². The summed E-state index contributed by atoms with van der Waals surface area (Å²) >= 11 is 0. The van der Waals surface area contributed by atoms with E-state index in [2.05, 4.69) is 20.5 Å². The molecule has 0 aliphatic rings. The molecule has 0 aliphatic carbocycles. The minimum Gasteiger partial charge on any atom is -0.370 e. The Morgan fingerprint density at radius 1 is 1.16 bits per heavy atom. The first-order chi connectivity index (χ1) is 12.1. The van der Waals surface area contributed by atoms with Crippen molar-refractivity contribution in [2.45, 2.75) is 12.8 Å². The number of carbonyl (C=O) groups excluding carboxylic acids is 1. The van der Waals surface area contributed by atoms with Crippen molar-refractivity contribution in [1.29, 1.82) is 0 Å². The van der Waals surface area contributed by atoms with Gasteiger partial charge in [0, 0.05) is 19.3 Å². The van der Waals surface area contributed by atoms with Crippen molar-refractivity contribution in [2.24, 2.45) is 0 Å². The van der Waals surface area contributed by atoms with Gasteiger partial charge in [-0.1, -0.05) is 18.2 Å². The molecule has 0 atom stereocenters. The molecule has 6 heteroatoms. The summed E-state index contributed by atoms with van der Waals surface area (Å²) in [6.45, 7) is 2.22. The second-order valence-electron chi connectivity index (χ2n) is 6.11. The van der Waals surface area contributed by atoms with Crippen molar-refractivity contribution in [3.8, 4) is 0 Å². The van der Waals surface area contributed by atoms with E-state index in [-0.39, 0.29) is 11.7 Å². The van der Waals surface area contributed by atoms with Gasteiger partial charge in [-0.3, -0.25) is 4.79 Å². The molecule has 0 spiro atoms. The number of rotatable bonds is 9. The molecule has 0 saturated heterocycles. The minimum atomic E-state index is -0.247. The van der Waals surface area contributed by atoms with E-state index in [1.807, 2.05) is 14.1 Å². The standard InChI is InChI=1S/C19H25FN4O/c1-24(2)13-5-11-21-18-9-8-16(14-23-18)19(25)22-12-10-15-6-3-4-7-17(15)20/h3-4,6-9,14H,5,10-13H2,1-2H3,(H,21,23)(H,22,25). The summed E-state index contributed by atoms with van der Waals surface area (Å²) in [4.78, 5) is 18.5. The van der Waals surface area contributed by atoms with Gasteiger partial charge in [0.2, 0.25) is 0 Å². The monoisotopic (exact) mass is 344 g/mol. The first-order valence-electron chi connectivity index (χ1n) is 8.42. The molecule has 1 amide bonds. The van der Waals surface area contributed by atoms with Crippen molar-refractivity contribution in [3.63, 3.8) is 0 Å². The molecule has 1 aromatic carbocycles. The van der Waals surface area contributed by atoms with Gasteiger partial charge in [-0.25, -0.2) is 9.37 Å². The maximum absolute atomic E-state index is 13.5. The van der Waals surface area contributed by atoms with E-state index in [9.17, 15) is 9.18 Å². The Morgan fingerprint density at radius 2 is 1.96 bits per heavy atom. The van der Waals surface area contributed by atoms with Crippen molar-refractivity contribution < 1.29 is 9.18 Å². The van der Waals surface area contributed by atoms with E-state index in [0.717, 1.165) is 25.3 Å². The van der Waals surface area contributed by atoms with Crippen LogP contribution in [0.15, 0.2) is 42.6 Å². The SMILES string of the molecule is CN(C)CCCNc1ccc(C(=O)NCCc2ccccc2F)cn1. The molecule has 0 unspecified atom stereocenters. The number of aromatic nitrogens is 1. The van der Waals surface area contributed by atoms with Gasteiger partial charge >= 0.3 is 0 Å². The van der Waals surface area contributed by atoms with Crippen LogP contribution in [0.25, 0.3) is 0 Å². The molecule has 1 heterocycles. The number of nitrogens with one attached hydrogen (secondary N) is 2. The van der Waals surface area contributed by atoms with E-state index in [1.54, 1.807) is 36.5 Å². The van der Waals surface area contributed by atoms with Crippen LogP contribution in [0.1, 0.15) is 22.3 Å². The van der Waals surface area contributed by atoms with E-state index in [0.29, 0.717) is 24.1 Å². The highest BCUT2D eigenvalue weighted by atomic mass is 19.1. The highest BCUT2D eigenvalue weighted by molar-refractivity contribution is 5.94. The summed E-state index contributed by atoms with van der Waals surface area (Å²) in [5.74, 6) is 0.299. The number of amides is 1. The molecule has 0 bridgehead atoms. The van der Waals surface area contributed by atoms with Crippen molar-refractivity contribution in [3.05, 3.63) is 59.5 Å². The Labute approximate surface area is 148 Å². The summed E-state index contributed by atoms with van der Waals surface area (Å²) in [6, 6.07) is 10.1. The lowest BCUT2D eigenvalue weighted by molar-refractivity contribution is 0.0953. The van der Waals surface area contributed by atoms with E-state index >= 15 is 0 Å². The molecule has 2 rings (SSSR count). The Morgan fingerprint density at radius 3 is 2.64 bits per heavy atom. The summed E-state index contributed by atoms with van der Waals surface area (Å²) in [7, 11) is 4.08. The third kappa shape index (κ3) is 6.51. The highest BCUT2D eigenvalue weighted by Crippen LogP contribution is 2.07. The predicted octanol–water partition coefficient (Wildman–Crippen LogP) is 2.56. The predicted molar refractivity (Wildman–Crippen MR) is 98.3 cm³/mol. The zero-order chi connectivity index (χ0) is 18.1. The summed E-state index contributed by atoms with van der Waals surface area (Å²) in [6.07, 6.45) is 3.02. The average molecular weight is 344 g/mol. The molecule has 0 aliphatic heterocycles. The zero-order valence-corrected chi connectivity index (χ0v) is 14.8. The molecule has 1 aromatic heterocycles. The Kier molecular flexibility index (Phi) is 7.35. The minimum absolute atomic E-state index is 0.206. The maximum atomic E-state index is 13.5. The van der Waals surface area contributed by atoms with E-state index in [1.165, 1.54) is 6.07 Å². The lowest BCUT2D eigenvalue weighted by Gasteiger charge is -2.10. The fraction of sp³-hybridized carbons (Fsp3) is 0.368. The normalized spacial score (nSPS) is 10.7. The molecule has 0 fully saturated rings. The Bertz CT molecular complexity index is 673. The molecular formula is C19H25FN4O. The van der Waals surface area contributed by atoms with Crippen LogP contribution >= 0.6 is 0 Å². The van der Waals surface area contributed by atoms with Gasteiger partial charge in [-0.05, 0) is 57.2 Å². The number of carbonyl (C=O) groups is 1. The van der Waals surface area contributed by atoms with Crippen LogP contribution in [-0.2, 0) is 6.42 Å². The largest absolute Gasteiger partial charge is 0.370 e. The van der Waals surface area contributed by atoms with Gasteiger partial charge in [0.15, 0.2) is 0 Å². The second-order valence-corrected chi connectivity index (χ2v) is 6.11. The van der Waals surface area contributed by atoms with Crippen LogP contribution in [0.3, 0.4) is 0 Å². The number of pyridine rings is 1. The zero-order valence-electron chi connectivity index (χ0n) is 14.8. The van der Waals surface area contributed by atoms with Gasteiger partial charge < -0.3 is 15.5 Å². The summed E-state index contributed by atoms with van der Waals surface area (Å²) < 4.78 is 13.5. The molecule has 0 saturated carbocycles. The average Bonchev–Trinajstić information content (AvgIpc) is 2.60. The summed E-state index contributed by atoms with van der Waals surface area (Å²) in [5, 5.41) is 6.01. The molecule has 0 radical (unpaired) electrons. The fourth-order valence-corrected chi connectivity index (χ4v) is 2.36. The van der Waals surface area contributed by atoms with Gasteiger partial charge in [0.1, 0.15) is 11.6 Å². The molecule has 134 valence electrons. The first kappa shape index (κ1) is 18.9. The van der Waals surface area contributed by atoms with E-state index in [4.69, 9.17) is 0 Å². The molecule has 25 heavy (non-hydrogen) atoms.